The normalized spacial score (nSPS) is 11.6. The molecule has 0 aliphatic heterocycles. The van der Waals surface area contributed by atoms with Crippen LogP contribution in [0, 0.1) is 0 Å². The van der Waals surface area contributed by atoms with Crippen molar-refractivity contribution in [3.63, 3.8) is 0 Å². The molecule has 2 N–H and O–H groups in total. The maximum Gasteiger partial charge on any atom is 0.337 e. The molecule has 0 unspecified atom stereocenters. The first-order valence-corrected chi connectivity index (χ1v) is 9.30. The molecular formula is C18H20N2O5S. The van der Waals surface area contributed by atoms with E-state index in [1.165, 1.54) is 47.8 Å². The lowest BCUT2D eigenvalue weighted by Crippen LogP contribution is -2.33. The van der Waals surface area contributed by atoms with E-state index >= 15 is 0 Å². The molecular weight excluding hydrogens is 356 g/mol. The van der Waals surface area contributed by atoms with Crippen LogP contribution < -0.4 is 5.32 Å². The Hall–Kier alpha value is -2.71. The quantitative estimate of drug-likeness (QED) is 0.807. The van der Waals surface area contributed by atoms with E-state index in [0.29, 0.717) is 0 Å². The van der Waals surface area contributed by atoms with Gasteiger partial charge in [0.15, 0.2) is 0 Å². The number of nitrogens with one attached hydrogen (secondary N) is 1. The second-order valence-corrected chi connectivity index (χ2v) is 7.95. The molecule has 2 rings (SSSR count). The summed E-state index contributed by atoms with van der Waals surface area (Å²) in [5, 5.41) is 11.7. The van der Waals surface area contributed by atoms with Crippen LogP contribution in [0.2, 0.25) is 0 Å². The number of rotatable bonds is 6. The third kappa shape index (κ3) is 4.09. The zero-order valence-electron chi connectivity index (χ0n) is 14.6. The number of carbonyl (C=O) groups excluding carboxylic acids is 1. The summed E-state index contributed by atoms with van der Waals surface area (Å²) in [6.45, 7) is 3.49. The van der Waals surface area contributed by atoms with Gasteiger partial charge in [-0.2, -0.15) is 4.31 Å². The number of anilines is 1. The van der Waals surface area contributed by atoms with Crippen molar-refractivity contribution in [1.82, 2.24) is 4.31 Å². The minimum absolute atomic E-state index is 0.00660. The van der Waals surface area contributed by atoms with Crippen molar-refractivity contribution in [2.75, 3.05) is 12.4 Å². The Morgan fingerprint density at radius 1 is 1.08 bits per heavy atom. The average molecular weight is 376 g/mol. The molecule has 0 aliphatic rings. The van der Waals surface area contributed by atoms with Crippen LogP contribution in [0.3, 0.4) is 0 Å². The zero-order valence-corrected chi connectivity index (χ0v) is 15.4. The second-order valence-electron chi connectivity index (χ2n) is 5.95. The first-order valence-electron chi connectivity index (χ1n) is 7.86. The van der Waals surface area contributed by atoms with Crippen LogP contribution in [0.25, 0.3) is 0 Å². The smallest absolute Gasteiger partial charge is 0.337 e. The highest BCUT2D eigenvalue weighted by Crippen LogP contribution is 2.20. The van der Waals surface area contributed by atoms with Gasteiger partial charge < -0.3 is 10.4 Å². The number of sulfonamides is 1. The molecule has 2 aromatic carbocycles. The minimum atomic E-state index is -3.73. The molecule has 0 saturated heterocycles. The van der Waals surface area contributed by atoms with E-state index in [-0.39, 0.29) is 27.8 Å². The summed E-state index contributed by atoms with van der Waals surface area (Å²) in [7, 11) is -2.26. The highest BCUT2D eigenvalue weighted by Gasteiger charge is 2.24. The Morgan fingerprint density at radius 3 is 2.35 bits per heavy atom. The standard InChI is InChI=1S/C18H20N2O5S/c1-12(2)20(3)26(24,25)14-8-6-7-13(11-14)17(21)19-16-10-5-4-9-15(16)18(22)23/h4-12H,1-3H3,(H,19,21)(H,22,23). The van der Waals surface area contributed by atoms with Crippen LogP contribution in [0.15, 0.2) is 53.4 Å². The summed E-state index contributed by atoms with van der Waals surface area (Å²) in [5.74, 6) is -1.77. The topological polar surface area (TPSA) is 104 Å². The molecule has 0 aliphatic carbocycles. The van der Waals surface area contributed by atoms with Crippen molar-refractivity contribution >= 4 is 27.6 Å². The number of benzene rings is 2. The number of nitrogens with zero attached hydrogens (tertiary/aromatic N) is 1. The second kappa shape index (κ2) is 7.67. The minimum Gasteiger partial charge on any atom is -0.478 e. The largest absolute Gasteiger partial charge is 0.478 e. The van der Waals surface area contributed by atoms with Crippen LogP contribution in [0.1, 0.15) is 34.6 Å². The molecule has 1 amide bonds. The van der Waals surface area contributed by atoms with E-state index in [0.717, 1.165) is 0 Å². The summed E-state index contributed by atoms with van der Waals surface area (Å²) in [5.41, 5.74) is 0.199. The van der Waals surface area contributed by atoms with Crippen LogP contribution >= 0.6 is 0 Å². The number of hydrogen-bond donors (Lipinski definition) is 2. The number of carbonyl (C=O) groups is 2. The van der Waals surface area contributed by atoms with E-state index in [2.05, 4.69) is 5.32 Å². The van der Waals surface area contributed by atoms with Gasteiger partial charge >= 0.3 is 5.97 Å². The van der Waals surface area contributed by atoms with Crippen LogP contribution in [0.5, 0.6) is 0 Å². The van der Waals surface area contributed by atoms with Gasteiger partial charge in [-0.1, -0.05) is 18.2 Å². The molecule has 0 saturated carbocycles. The number of aromatic carboxylic acids is 1. The number of amides is 1. The maximum atomic E-state index is 12.6. The van der Waals surface area contributed by atoms with Crippen molar-refractivity contribution in [2.45, 2.75) is 24.8 Å². The fraction of sp³-hybridized carbons (Fsp3) is 0.222. The van der Waals surface area contributed by atoms with E-state index in [1.54, 1.807) is 26.0 Å². The van der Waals surface area contributed by atoms with Crippen molar-refractivity contribution in [1.29, 1.82) is 0 Å². The van der Waals surface area contributed by atoms with E-state index in [4.69, 9.17) is 0 Å². The first kappa shape index (κ1) is 19.6. The average Bonchev–Trinajstić information content (AvgIpc) is 2.61. The van der Waals surface area contributed by atoms with Gasteiger partial charge in [0.2, 0.25) is 10.0 Å². The molecule has 0 bridgehead atoms. The fourth-order valence-electron chi connectivity index (χ4n) is 2.21. The summed E-state index contributed by atoms with van der Waals surface area (Å²) >= 11 is 0. The van der Waals surface area contributed by atoms with E-state index < -0.39 is 21.9 Å². The summed E-state index contributed by atoms with van der Waals surface area (Å²) in [4.78, 5) is 23.7. The predicted molar refractivity (Wildman–Crippen MR) is 97.9 cm³/mol. The molecule has 0 spiro atoms. The van der Waals surface area contributed by atoms with Gasteiger partial charge in [0.25, 0.3) is 5.91 Å². The molecule has 0 fully saturated rings. The van der Waals surface area contributed by atoms with Gasteiger partial charge in [-0.05, 0) is 44.2 Å². The van der Waals surface area contributed by atoms with Crippen molar-refractivity contribution in [3.05, 3.63) is 59.7 Å². The Kier molecular flexibility index (Phi) is 5.79. The van der Waals surface area contributed by atoms with Crippen molar-refractivity contribution in [2.24, 2.45) is 0 Å². The van der Waals surface area contributed by atoms with Crippen molar-refractivity contribution < 1.29 is 23.1 Å². The summed E-state index contributed by atoms with van der Waals surface area (Å²) < 4.78 is 26.3. The lowest BCUT2D eigenvalue weighted by atomic mass is 10.1. The van der Waals surface area contributed by atoms with E-state index in [1.807, 2.05) is 0 Å². The Morgan fingerprint density at radius 2 is 1.73 bits per heavy atom. The zero-order chi connectivity index (χ0) is 19.5. The Labute approximate surface area is 152 Å². The van der Waals surface area contributed by atoms with Crippen LogP contribution in [-0.2, 0) is 10.0 Å². The van der Waals surface area contributed by atoms with Gasteiger partial charge in [0.05, 0.1) is 16.1 Å². The molecule has 7 nitrogen and oxygen atoms in total. The SMILES string of the molecule is CC(C)N(C)S(=O)(=O)c1cccc(C(=O)Nc2ccccc2C(=O)O)c1. The number of hydrogen-bond acceptors (Lipinski definition) is 4. The monoisotopic (exact) mass is 376 g/mol. The first-order chi connectivity index (χ1) is 12.1. The Balaban J connectivity index is 2.34. The van der Waals surface area contributed by atoms with E-state index in [9.17, 15) is 23.1 Å². The third-order valence-electron chi connectivity index (χ3n) is 3.91. The molecule has 0 atom stereocenters. The predicted octanol–water partition coefficient (Wildman–Crippen LogP) is 2.67. The van der Waals surface area contributed by atoms with Crippen LogP contribution in [0.4, 0.5) is 5.69 Å². The van der Waals surface area contributed by atoms with Gasteiger partial charge in [-0.15, -0.1) is 0 Å². The maximum absolute atomic E-state index is 12.6. The highest BCUT2D eigenvalue weighted by atomic mass is 32.2. The number of para-hydroxylation sites is 1. The lowest BCUT2D eigenvalue weighted by Gasteiger charge is -2.21. The van der Waals surface area contributed by atoms with Crippen LogP contribution in [-0.4, -0.2) is 42.8 Å². The highest BCUT2D eigenvalue weighted by molar-refractivity contribution is 7.89. The third-order valence-corrected chi connectivity index (χ3v) is 5.94. The molecule has 8 heteroatoms. The molecule has 26 heavy (non-hydrogen) atoms. The summed E-state index contributed by atoms with van der Waals surface area (Å²) in [6, 6.07) is 11.4. The molecule has 0 heterocycles. The number of carboxylic acids is 1. The lowest BCUT2D eigenvalue weighted by molar-refractivity contribution is 0.0698. The van der Waals surface area contributed by atoms with Gasteiger partial charge in [0, 0.05) is 18.7 Å². The molecule has 138 valence electrons. The summed E-state index contributed by atoms with van der Waals surface area (Å²) in [6.07, 6.45) is 0. The number of carboxylic acid groups (broad SMARTS) is 1. The molecule has 2 aromatic rings. The molecule has 0 radical (unpaired) electrons. The van der Waals surface area contributed by atoms with Crippen molar-refractivity contribution in [3.8, 4) is 0 Å². The Bertz CT molecular complexity index is 938. The van der Waals surface area contributed by atoms with Gasteiger partial charge in [-0.25, -0.2) is 13.2 Å². The van der Waals surface area contributed by atoms with Gasteiger partial charge in [0.1, 0.15) is 0 Å². The molecule has 0 aromatic heterocycles. The van der Waals surface area contributed by atoms with Gasteiger partial charge in [-0.3, -0.25) is 4.79 Å². The fourth-order valence-corrected chi connectivity index (χ4v) is 3.63.